The standard InChI is InChI=1S/C20H22ClN3O2S/c1-22-10-12-23(13-11-22)15-17-14-18(6-7-19(17)21)27(25,26)24-9-8-16-4-2-3-5-20(16)24/h2-9,14H,10-13,15H2,1H3. The lowest BCUT2D eigenvalue weighted by Gasteiger charge is -2.32. The maximum atomic E-state index is 13.2. The average Bonchev–Trinajstić information content (AvgIpc) is 3.10. The van der Waals surface area contributed by atoms with Crippen molar-refractivity contribution in [2.24, 2.45) is 0 Å². The smallest absolute Gasteiger partial charge is 0.268 e. The molecule has 0 spiro atoms. The van der Waals surface area contributed by atoms with Crippen molar-refractivity contribution in [3.8, 4) is 0 Å². The Morgan fingerprint density at radius 3 is 2.52 bits per heavy atom. The zero-order chi connectivity index (χ0) is 19.0. The van der Waals surface area contributed by atoms with E-state index in [2.05, 4.69) is 16.8 Å². The maximum Gasteiger partial charge on any atom is 0.268 e. The highest BCUT2D eigenvalue weighted by molar-refractivity contribution is 7.90. The molecule has 0 amide bonds. The van der Waals surface area contributed by atoms with Crippen LogP contribution in [0.5, 0.6) is 0 Å². The van der Waals surface area contributed by atoms with E-state index in [0.29, 0.717) is 17.1 Å². The van der Waals surface area contributed by atoms with Crippen LogP contribution >= 0.6 is 11.6 Å². The second-order valence-corrected chi connectivity index (χ2v) is 9.23. The lowest BCUT2D eigenvalue weighted by molar-refractivity contribution is 0.148. The molecular weight excluding hydrogens is 382 g/mol. The summed E-state index contributed by atoms with van der Waals surface area (Å²) in [6.07, 6.45) is 1.61. The molecule has 3 aromatic rings. The lowest BCUT2D eigenvalue weighted by atomic mass is 10.2. The summed E-state index contributed by atoms with van der Waals surface area (Å²) in [7, 11) is -1.57. The Labute approximate surface area is 164 Å². The highest BCUT2D eigenvalue weighted by atomic mass is 35.5. The number of benzene rings is 2. The van der Waals surface area contributed by atoms with Gasteiger partial charge in [0, 0.05) is 49.3 Å². The van der Waals surface area contributed by atoms with E-state index in [1.165, 1.54) is 3.97 Å². The highest BCUT2D eigenvalue weighted by Gasteiger charge is 2.21. The first-order valence-electron chi connectivity index (χ1n) is 8.96. The van der Waals surface area contributed by atoms with Crippen LogP contribution in [0.3, 0.4) is 0 Å². The minimum absolute atomic E-state index is 0.261. The van der Waals surface area contributed by atoms with Gasteiger partial charge in [-0.05, 0) is 42.9 Å². The molecule has 1 aliphatic heterocycles. The van der Waals surface area contributed by atoms with E-state index in [9.17, 15) is 8.42 Å². The molecule has 1 fully saturated rings. The fraction of sp³-hybridized carbons (Fsp3) is 0.300. The van der Waals surface area contributed by atoms with Crippen molar-refractivity contribution >= 4 is 32.5 Å². The molecule has 0 unspecified atom stereocenters. The second-order valence-electron chi connectivity index (χ2n) is 7.01. The van der Waals surface area contributed by atoms with Gasteiger partial charge in [-0.15, -0.1) is 0 Å². The molecule has 142 valence electrons. The molecule has 2 heterocycles. The van der Waals surface area contributed by atoms with Crippen LogP contribution in [-0.4, -0.2) is 55.4 Å². The van der Waals surface area contributed by atoms with Crippen LogP contribution in [0.25, 0.3) is 10.9 Å². The van der Waals surface area contributed by atoms with Crippen molar-refractivity contribution in [1.82, 2.24) is 13.8 Å². The van der Waals surface area contributed by atoms with E-state index in [0.717, 1.165) is 37.1 Å². The predicted molar refractivity (Wildman–Crippen MR) is 109 cm³/mol. The van der Waals surface area contributed by atoms with Crippen LogP contribution in [0, 0.1) is 0 Å². The molecule has 1 aromatic heterocycles. The van der Waals surface area contributed by atoms with Crippen molar-refractivity contribution in [3.05, 3.63) is 65.3 Å². The van der Waals surface area contributed by atoms with Crippen molar-refractivity contribution in [2.75, 3.05) is 33.2 Å². The molecule has 0 aliphatic carbocycles. The van der Waals surface area contributed by atoms with Gasteiger partial charge in [0.1, 0.15) is 0 Å². The third-order valence-corrected chi connectivity index (χ3v) is 7.18. The number of likely N-dealkylation sites (N-methyl/N-ethyl adjacent to an activating group) is 1. The van der Waals surface area contributed by atoms with E-state index in [4.69, 9.17) is 11.6 Å². The van der Waals surface area contributed by atoms with Gasteiger partial charge in [0.15, 0.2) is 0 Å². The fourth-order valence-corrected chi connectivity index (χ4v) is 5.04. The van der Waals surface area contributed by atoms with E-state index in [-0.39, 0.29) is 4.90 Å². The van der Waals surface area contributed by atoms with Gasteiger partial charge in [-0.25, -0.2) is 12.4 Å². The Bertz CT molecular complexity index is 1070. The number of nitrogens with zero attached hydrogens (tertiary/aromatic N) is 3. The molecule has 0 atom stereocenters. The minimum atomic E-state index is -3.68. The second kappa shape index (κ2) is 7.28. The van der Waals surface area contributed by atoms with Gasteiger partial charge in [0.2, 0.25) is 0 Å². The van der Waals surface area contributed by atoms with Crippen molar-refractivity contribution in [2.45, 2.75) is 11.4 Å². The van der Waals surface area contributed by atoms with E-state index < -0.39 is 10.0 Å². The van der Waals surface area contributed by atoms with Crippen LogP contribution in [-0.2, 0) is 16.6 Å². The molecule has 27 heavy (non-hydrogen) atoms. The number of fused-ring (bicyclic) bond motifs is 1. The summed E-state index contributed by atoms with van der Waals surface area (Å²) in [6.45, 7) is 4.57. The number of hydrogen-bond acceptors (Lipinski definition) is 4. The summed E-state index contributed by atoms with van der Waals surface area (Å²) < 4.78 is 27.8. The number of aromatic nitrogens is 1. The quantitative estimate of drug-likeness (QED) is 0.670. The normalized spacial score (nSPS) is 16.8. The Morgan fingerprint density at radius 2 is 1.74 bits per heavy atom. The van der Waals surface area contributed by atoms with Gasteiger partial charge in [-0.3, -0.25) is 4.90 Å². The summed E-state index contributed by atoms with van der Waals surface area (Å²) in [5.41, 5.74) is 1.52. The topological polar surface area (TPSA) is 45.6 Å². The number of para-hydroxylation sites is 1. The summed E-state index contributed by atoms with van der Waals surface area (Å²) >= 11 is 6.38. The third kappa shape index (κ3) is 3.62. The molecule has 2 aromatic carbocycles. The Hall–Kier alpha value is -1.86. The lowest BCUT2D eigenvalue weighted by Crippen LogP contribution is -2.43. The Kier molecular flexibility index (Phi) is 4.99. The third-order valence-electron chi connectivity index (χ3n) is 5.13. The molecule has 7 heteroatoms. The predicted octanol–water partition coefficient (Wildman–Crippen LogP) is 3.28. The van der Waals surface area contributed by atoms with Crippen LogP contribution in [0.2, 0.25) is 5.02 Å². The molecule has 1 saturated heterocycles. The molecule has 5 nitrogen and oxygen atoms in total. The molecule has 4 rings (SSSR count). The van der Waals surface area contributed by atoms with Crippen molar-refractivity contribution in [3.63, 3.8) is 0 Å². The molecule has 0 bridgehead atoms. The molecular formula is C20H22ClN3O2S. The fourth-order valence-electron chi connectivity index (χ4n) is 3.46. The van der Waals surface area contributed by atoms with E-state index in [1.807, 2.05) is 30.3 Å². The molecule has 0 radical (unpaired) electrons. The summed E-state index contributed by atoms with van der Waals surface area (Å²) in [5, 5.41) is 1.50. The summed E-state index contributed by atoms with van der Waals surface area (Å²) in [4.78, 5) is 4.86. The number of piperazine rings is 1. The first kappa shape index (κ1) is 18.5. The summed E-state index contributed by atoms with van der Waals surface area (Å²) in [5.74, 6) is 0. The Balaban J connectivity index is 1.67. The van der Waals surface area contributed by atoms with Gasteiger partial charge in [-0.2, -0.15) is 0 Å². The molecule has 1 aliphatic rings. The SMILES string of the molecule is CN1CCN(Cc2cc(S(=O)(=O)n3ccc4ccccc43)ccc2Cl)CC1. The van der Waals surface area contributed by atoms with Gasteiger partial charge in [0.25, 0.3) is 10.0 Å². The van der Waals surface area contributed by atoms with Crippen molar-refractivity contribution < 1.29 is 8.42 Å². The largest absolute Gasteiger partial charge is 0.304 e. The highest BCUT2D eigenvalue weighted by Crippen LogP contribution is 2.26. The average molecular weight is 404 g/mol. The minimum Gasteiger partial charge on any atom is -0.304 e. The number of rotatable bonds is 4. The zero-order valence-corrected chi connectivity index (χ0v) is 16.7. The maximum absolute atomic E-state index is 13.2. The monoisotopic (exact) mass is 403 g/mol. The van der Waals surface area contributed by atoms with Gasteiger partial charge < -0.3 is 4.90 Å². The zero-order valence-electron chi connectivity index (χ0n) is 15.2. The van der Waals surface area contributed by atoms with E-state index in [1.54, 1.807) is 24.4 Å². The number of halogens is 1. The van der Waals surface area contributed by atoms with E-state index >= 15 is 0 Å². The Morgan fingerprint density at radius 1 is 1.00 bits per heavy atom. The van der Waals surface area contributed by atoms with Crippen LogP contribution in [0.15, 0.2) is 59.6 Å². The first-order valence-corrected chi connectivity index (χ1v) is 10.8. The van der Waals surface area contributed by atoms with Crippen LogP contribution in [0.1, 0.15) is 5.56 Å². The number of hydrogen-bond donors (Lipinski definition) is 0. The molecule has 0 saturated carbocycles. The summed E-state index contributed by atoms with van der Waals surface area (Å²) in [6, 6.07) is 14.3. The van der Waals surface area contributed by atoms with Gasteiger partial charge in [0.05, 0.1) is 10.4 Å². The van der Waals surface area contributed by atoms with Gasteiger partial charge >= 0.3 is 0 Å². The van der Waals surface area contributed by atoms with Crippen molar-refractivity contribution in [1.29, 1.82) is 0 Å². The van der Waals surface area contributed by atoms with Crippen LogP contribution in [0.4, 0.5) is 0 Å². The first-order chi connectivity index (χ1) is 12.9. The van der Waals surface area contributed by atoms with Gasteiger partial charge in [-0.1, -0.05) is 29.8 Å². The molecule has 0 N–H and O–H groups in total. The van der Waals surface area contributed by atoms with Crippen LogP contribution < -0.4 is 0 Å².